The Morgan fingerprint density at radius 3 is 2.62 bits per heavy atom. The van der Waals surface area contributed by atoms with Gasteiger partial charge in [0.05, 0.1) is 10.9 Å². The fourth-order valence-corrected chi connectivity index (χ4v) is 5.25. The number of aromatic nitrogens is 4. The molecule has 7 nitrogen and oxygen atoms in total. The van der Waals surface area contributed by atoms with Gasteiger partial charge in [-0.25, -0.2) is 4.98 Å². The van der Waals surface area contributed by atoms with Crippen LogP contribution in [0.15, 0.2) is 64.5 Å². The molecule has 9 heteroatoms. The molecule has 0 spiro atoms. The SMILES string of the molecule is CC(Sc1nc2nn(-c3ccccc3)c(=O)c-2c2n1CCCCC2)C(=O)Nc1ccc(Cl)cc1. The van der Waals surface area contributed by atoms with Gasteiger partial charge >= 0.3 is 0 Å². The molecule has 0 bridgehead atoms. The van der Waals surface area contributed by atoms with E-state index in [0.717, 1.165) is 37.9 Å². The summed E-state index contributed by atoms with van der Waals surface area (Å²) >= 11 is 7.33. The highest BCUT2D eigenvalue weighted by molar-refractivity contribution is 8.00. The minimum atomic E-state index is -0.400. The number of amides is 1. The first-order valence-corrected chi connectivity index (χ1v) is 12.6. The van der Waals surface area contributed by atoms with E-state index in [4.69, 9.17) is 16.6 Å². The van der Waals surface area contributed by atoms with E-state index in [-0.39, 0.29) is 11.5 Å². The smallest absolute Gasteiger partial charge is 0.284 e. The number of nitrogens with zero attached hydrogens (tertiary/aromatic N) is 4. The molecule has 2 aromatic rings. The third-order valence-corrected chi connectivity index (χ3v) is 7.27. The van der Waals surface area contributed by atoms with Crippen LogP contribution in [0, 0.1) is 0 Å². The van der Waals surface area contributed by atoms with Gasteiger partial charge in [0, 0.05) is 22.9 Å². The van der Waals surface area contributed by atoms with Crippen molar-refractivity contribution in [2.45, 2.75) is 49.6 Å². The molecule has 0 aromatic heterocycles. The minimum Gasteiger partial charge on any atom is -0.325 e. The zero-order valence-electron chi connectivity index (χ0n) is 18.7. The van der Waals surface area contributed by atoms with Crippen LogP contribution in [0.5, 0.6) is 0 Å². The van der Waals surface area contributed by atoms with E-state index >= 15 is 0 Å². The third kappa shape index (κ3) is 4.48. The van der Waals surface area contributed by atoms with Gasteiger partial charge in [-0.15, -0.1) is 5.10 Å². The van der Waals surface area contributed by atoms with Gasteiger partial charge in [-0.3, -0.25) is 9.59 Å². The van der Waals surface area contributed by atoms with E-state index < -0.39 is 5.25 Å². The Labute approximate surface area is 206 Å². The summed E-state index contributed by atoms with van der Waals surface area (Å²) in [5.74, 6) is 0.298. The largest absolute Gasteiger partial charge is 0.325 e. The summed E-state index contributed by atoms with van der Waals surface area (Å²) in [5.41, 5.74) is 2.79. The lowest BCUT2D eigenvalue weighted by molar-refractivity contribution is -0.115. The predicted molar refractivity (Wildman–Crippen MR) is 135 cm³/mol. The number of rotatable bonds is 5. The Morgan fingerprint density at radius 1 is 1.09 bits per heavy atom. The maximum Gasteiger partial charge on any atom is 0.284 e. The molecule has 1 N–H and O–H groups in total. The number of carbonyl (C=O) groups is 1. The normalized spacial score (nSPS) is 14.4. The van der Waals surface area contributed by atoms with Crippen LogP contribution < -0.4 is 10.9 Å². The maximum absolute atomic E-state index is 13.3. The molecule has 0 saturated heterocycles. The van der Waals surface area contributed by atoms with Crippen LogP contribution in [-0.2, 0) is 17.8 Å². The van der Waals surface area contributed by atoms with Gasteiger partial charge in [0.2, 0.25) is 5.91 Å². The van der Waals surface area contributed by atoms with Gasteiger partial charge in [-0.1, -0.05) is 48.0 Å². The van der Waals surface area contributed by atoms with Crippen molar-refractivity contribution < 1.29 is 4.79 Å². The first-order valence-electron chi connectivity index (χ1n) is 11.3. The summed E-state index contributed by atoms with van der Waals surface area (Å²) in [6.45, 7) is 2.62. The van der Waals surface area contributed by atoms with E-state index in [1.165, 1.54) is 16.4 Å². The van der Waals surface area contributed by atoms with E-state index in [0.29, 0.717) is 32.9 Å². The first kappa shape index (κ1) is 22.7. The average molecular weight is 494 g/mol. The average Bonchev–Trinajstić information content (AvgIpc) is 3.01. The maximum atomic E-state index is 13.3. The van der Waals surface area contributed by atoms with E-state index in [1.807, 2.05) is 37.3 Å². The van der Waals surface area contributed by atoms with Crippen molar-refractivity contribution in [2.75, 3.05) is 5.32 Å². The molecular weight excluding hydrogens is 470 g/mol. The Bertz CT molecular complexity index is 1350. The van der Waals surface area contributed by atoms with Gasteiger partial charge < -0.3 is 9.88 Å². The lowest BCUT2D eigenvalue weighted by atomic mass is 10.1. The van der Waals surface area contributed by atoms with Crippen LogP contribution in [0.1, 0.15) is 31.9 Å². The molecule has 1 amide bonds. The van der Waals surface area contributed by atoms with Crippen LogP contribution in [-0.4, -0.2) is 30.5 Å². The second-order valence-electron chi connectivity index (χ2n) is 8.31. The summed E-state index contributed by atoms with van der Waals surface area (Å²) in [5, 5.41) is 8.42. The number of para-hydroxylation sites is 1. The topological polar surface area (TPSA) is 81.8 Å². The molecule has 5 rings (SSSR count). The molecule has 34 heavy (non-hydrogen) atoms. The zero-order valence-corrected chi connectivity index (χ0v) is 20.3. The van der Waals surface area contributed by atoms with Crippen molar-refractivity contribution in [1.82, 2.24) is 19.3 Å². The second kappa shape index (κ2) is 9.64. The summed E-state index contributed by atoms with van der Waals surface area (Å²) in [6, 6.07) is 16.4. The molecule has 2 aromatic carbocycles. The fourth-order valence-electron chi connectivity index (χ4n) is 4.18. The molecule has 0 fully saturated rings. The van der Waals surface area contributed by atoms with Gasteiger partial charge in [0.1, 0.15) is 5.56 Å². The number of fused-ring (bicyclic) bond motifs is 3. The molecule has 3 aliphatic rings. The van der Waals surface area contributed by atoms with E-state index in [1.54, 1.807) is 24.3 Å². The third-order valence-electron chi connectivity index (χ3n) is 5.93. The molecule has 0 aliphatic carbocycles. The number of halogens is 1. The van der Waals surface area contributed by atoms with Crippen molar-refractivity contribution in [3.63, 3.8) is 0 Å². The quantitative estimate of drug-likeness (QED) is 0.311. The molecule has 0 saturated carbocycles. The summed E-state index contributed by atoms with van der Waals surface area (Å²) in [4.78, 5) is 31.0. The Morgan fingerprint density at radius 2 is 1.85 bits per heavy atom. The molecule has 3 heterocycles. The monoisotopic (exact) mass is 493 g/mol. The number of hydrogen-bond acceptors (Lipinski definition) is 5. The molecule has 174 valence electrons. The highest BCUT2D eigenvalue weighted by Crippen LogP contribution is 2.32. The van der Waals surface area contributed by atoms with Crippen molar-refractivity contribution in [1.29, 1.82) is 0 Å². The van der Waals surface area contributed by atoms with Gasteiger partial charge in [-0.05, 0) is 62.6 Å². The fraction of sp³-hybridized carbons (Fsp3) is 0.280. The van der Waals surface area contributed by atoms with Gasteiger partial charge in [0.25, 0.3) is 5.56 Å². The van der Waals surface area contributed by atoms with E-state index in [2.05, 4.69) is 15.0 Å². The molecule has 1 atom stereocenters. The highest BCUT2D eigenvalue weighted by Gasteiger charge is 2.28. The van der Waals surface area contributed by atoms with Gasteiger partial charge in [0.15, 0.2) is 11.0 Å². The van der Waals surface area contributed by atoms with Crippen molar-refractivity contribution in [3.8, 4) is 17.1 Å². The Balaban J connectivity index is 1.51. The number of benzene rings is 2. The lowest BCUT2D eigenvalue weighted by Crippen LogP contribution is -2.24. The van der Waals surface area contributed by atoms with Crippen molar-refractivity contribution >= 4 is 35.0 Å². The second-order valence-corrected chi connectivity index (χ2v) is 10.1. The lowest BCUT2D eigenvalue weighted by Gasteiger charge is -2.19. The number of anilines is 1. The molecular formula is C25H24ClN5O2S. The molecule has 1 unspecified atom stereocenters. The first-order chi connectivity index (χ1) is 16.5. The Kier molecular flexibility index (Phi) is 6.43. The van der Waals surface area contributed by atoms with Crippen molar-refractivity contribution in [2.24, 2.45) is 0 Å². The number of hydrogen-bond donors (Lipinski definition) is 1. The summed E-state index contributed by atoms with van der Waals surface area (Å²) in [6.07, 6.45) is 3.88. The Hall–Kier alpha value is -3.10. The number of thioether (sulfide) groups is 1. The molecule has 3 aliphatic heterocycles. The minimum absolute atomic E-state index is 0.128. The van der Waals surface area contributed by atoms with Crippen LogP contribution in [0.3, 0.4) is 0 Å². The summed E-state index contributed by atoms with van der Waals surface area (Å²) in [7, 11) is 0. The highest BCUT2D eigenvalue weighted by atomic mass is 35.5. The van der Waals surface area contributed by atoms with E-state index in [9.17, 15) is 9.59 Å². The molecule has 0 radical (unpaired) electrons. The number of carbonyl (C=O) groups excluding carboxylic acids is 1. The van der Waals surface area contributed by atoms with Crippen LogP contribution >= 0.6 is 23.4 Å². The van der Waals surface area contributed by atoms with Crippen LogP contribution in [0.4, 0.5) is 5.69 Å². The summed E-state index contributed by atoms with van der Waals surface area (Å²) < 4.78 is 3.54. The van der Waals surface area contributed by atoms with Crippen LogP contribution in [0.25, 0.3) is 17.1 Å². The van der Waals surface area contributed by atoms with Gasteiger partial charge in [-0.2, -0.15) is 4.68 Å². The van der Waals surface area contributed by atoms with Crippen molar-refractivity contribution in [3.05, 3.63) is 75.7 Å². The standard InChI is InChI=1S/C25H24ClN5O2S/c1-16(23(32)27-18-13-11-17(26)12-14-18)34-25-28-22-21(20-10-6-3-7-15-30(20)25)24(33)31(29-22)19-8-4-2-5-9-19/h2,4-5,8-9,11-14,16H,3,6-7,10,15H2,1H3,(H,27,32). The predicted octanol–water partition coefficient (Wildman–Crippen LogP) is 5.03. The van der Waals surface area contributed by atoms with Crippen LogP contribution in [0.2, 0.25) is 5.02 Å². The number of nitrogens with one attached hydrogen (secondary N) is 1. The zero-order chi connectivity index (χ0) is 23.7.